The summed E-state index contributed by atoms with van der Waals surface area (Å²) in [6, 6.07) is 4.16. The fourth-order valence-corrected chi connectivity index (χ4v) is 11.0. The SMILES string of the molecule is CCCC(NC(=O)[C@@H]1CC2(CN1C(=O)[C@@H](NC(=O)OC1CCOCC1)C1CCCCC1)SCCCS2)C(=O)C(=O)NCC(=O)NC(C(N)=O)c1ccccc1. The summed E-state index contributed by atoms with van der Waals surface area (Å²) in [7, 11) is 0. The predicted octanol–water partition coefficient (Wildman–Crippen LogP) is 2.32. The number of primary amides is 1. The van der Waals surface area contributed by atoms with Gasteiger partial charge in [-0.1, -0.05) is 62.9 Å². The van der Waals surface area contributed by atoms with Gasteiger partial charge in [0.05, 0.1) is 29.9 Å². The molecule has 1 saturated carbocycles. The first-order valence-corrected chi connectivity index (χ1v) is 21.4. The summed E-state index contributed by atoms with van der Waals surface area (Å²) in [6.45, 7) is 2.48. The maximum atomic E-state index is 14.7. The average molecular weight is 803 g/mol. The van der Waals surface area contributed by atoms with Crippen molar-refractivity contribution in [2.75, 3.05) is 37.8 Å². The van der Waals surface area contributed by atoms with Crippen LogP contribution in [0.5, 0.6) is 0 Å². The van der Waals surface area contributed by atoms with Crippen LogP contribution in [0, 0.1) is 5.92 Å². The number of carbonyl (C=O) groups excluding carboxylic acids is 7. The number of likely N-dealkylation sites (tertiary alicyclic amines) is 1. The minimum absolute atomic E-state index is 0.128. The van der Waals surface area contributed by atoms with Gasteiger partial charge in [-0.25, -0.2) is 4.79 Å². The molecule has 1 spiro atoms. The standard InChI is InChI=1S/C38H54N6O9S2/c1-2-10-27(32(46)35(49)40-22-29(45)42-30(33(39)47)24-11-5-3-6-12-24)41-34(48)28-21-38(54-19-9-20-55-38)23-44(28)36(50)31(25-13-7-4-8-14-25)43-37(51)53-26-15-17-52-18-16-26/h3,5-6,11-12,25-28,30-31H,2,4,7-10,13-23H2,1H3,(H2,39,47)(H,40,49)(H,41,48)(H,42,45)(H,43,51)/t27?,28-,30?,31-/m0/s1. The molecular formula is C38H54N6O9S2. The molecule has 3 heterocycles. The van der Waals surface area contributed by atoms with Crippen molar-refractivity contribution in [3.05, 3.63) is 35.9 Å². The third kappa shape index (κ3) is 11.6. The second kappa shape index (κ2) is 20.4. The second-order valence-electron chi connectivity index (χ2n) is 14.6. The molecule has 0 bridgehead atoms. The van der Waals surface area contributed by atoms with Gasteiger partial charge >= 0.3 is 6.09 Å². The molecule has 6 amide bonds. The number of hydrogen-bond donors (Lipinski definition) is 5. The molecule has 3 aliphatic heterocycles. The fourth-order valence-electron chi connectivity index (χ4n) is 7.67. The Morgan fingerprint density at radius 3 is 2.27 bits per heavy atom. The normalized spacial score (nSPS) is 21.8. The summed E-state index contributed by atoms with van der Waals surface area (Å²) in [5.41, 5.74) is 5.94. The minimum Gasteiger partial charge on any atom is -0.446 e. The lowest BCUT2D eigenvalue weighted by Gasteiger charge is -2.36. The molecular weight excluding hydrogens is 749 g/mol. The van der Waals surface area contributed by atoms with Crippen LogP contribution in [0.4, 0.5) is 4.79 Å². The van der Waals surface area contributed by atoms with Gasteiger partial charge in [-0.2, -0.15) is 0 Å². The van der Waals surface area contributed by atoms with Gasteiger partial charge in [-0.3, -0.25) is 28.8 Å². The van der Waals surface area contributed by atoms with Gasteiger partial charge in [0.25, 0.3) is 5.91 Å². The van der Waals surface area contributed by atoms with E-state index in [9.17, 15) is 33.6 Å². The number of nitrogens with two attached hydrogens (primary N) is 1. The van der Waals surface area contributed by atoms with E-state index < -0.39 is 70.3 Å². The summed E-state index contributed by atoms with van der Waals surface area (Å²) < 4.78 is 10.7. The Morgan fingerprint density at radius 2 is 1.62 bits per heavy atom. The Kier molecular flexibility index (Phi) is 15.7. The van der Waals surface area contributed by atoms with Crippen molar-refractivity contribution >= 4 is 64.9 Å². The first-order valence-electron chi connectivity index (χ1n) is 19.4. The van der Waals surface area contributed by atoms with Crippen LogP contribution in [-0.2, 0) is 38.2 Å². The van der Waals surface area contributed by atoms with Crippen molar-refractivity contribution in [1.29, 1.82) is 0 Å². The summed E-state index contributed by atoms with van der Waals surface area (Å²) >= 11 is 3.44. The number of carbonyl (C=O) groups is 7. The quantitative estimate of drug-likeness (QED) is 0.162. The van der Waals surface area contributed by atoms with E-state index >= 15 is 0 Å². The van der Waals surface area contributed by atoms with Crippen LogP contribution in [-0.4, -0.2) is 112 Å². The van der Waals surface area contributed by atoms with E-state index in [1.807, 2.05) is 0 Å². The Bertz CT molecular complexity index is 1530. The summed E-state index contributed by atoms with van der Waals surface area (Å²) in [4.78, 5) is 95.0. The molecule has 15 nitrogen and oxygen atoms in total. The van der Waals surface area contributed by atoms with Crippen LogP contribution in [0.2, 0.25) is 0 Å². The predicted molar refractivity (Wildman–Crippen MR) is 208 cm³/mol. The number of rotatable bonds is 15. The number of hydrogen-bond acceptors (Lipinski definition) is 11. The van der Waals surface area contributed by atoms with Gasteiger partial charge in [0, 0.05) is 25.8 Å². The largest absolute Gasteiger partial charge is 0.446 e. The number of ketones is 1. The number of nitrogens with zero attached hydrogens (tertiary/aromatic N) is 1. The van der Waals surface area contributed by atoms with Crippen molar-refractivity contribution in [1.82, 2.24) is 26.2 Å². The molecule has 3 saturated heterocycles. The highest BCUT2D eigenvalue weighted by Crippen LogP contribution is 2.50. The first-order chi connectivity index (χ1) is 26.5. The zero-order chi connectivity index (χ0) is 39.4. The number of amides is 6. The van der Waals surface area contributed by atoms with Crippen molar-refractivity contribution in [3.63, 3.8) is 0 Å². The van der Waals surface area contributed by atoms with Gasteiger partial charge in [-0.05, 0) is 48.7 Å². The van der Waals surface area contributed by atoms with Crippen LogP contribution in [0.25, 0.3) is 0 Å². The molecule has 17 heteroatoms. The molecule has 0 aromatic heterocycles. The maximum absolute atomic E-state index is 14.7. The molecule has 6 N–H and O–H groups in total. The van der Waals surface area contributed by atoms with Crippen molar-refractivity contribution in [2.24, 2.45) is 11.7 Å². The van der Waals surface area contributed by atoms with Gasteiger partial charge < -0.3 is 41.4 Å². The van der Waals surface area contributed by atoms with E-state index in [1.54, 1.807) is 65.7 Å². The maximum Gasteiger partial charge on any atom is 0.408 e. The third-order valence-electron chi connectivity index (χ3n) is 10.6. The number of ether oxygens (including phenoxy) is 2. The van der Waals surface area contributed by atoms with E-state index in [0.717, 1.165) is 50.0 Å². The fraction of sp³-hybridized carbons (Fsp3) is 0.658. The minimum atomic E-state index is -1.22. The number of benzene rings is 1. The molecule has 1 aromatic carbocycles. The second-order valence-corrected chi connectivity index (χ2v) is 17.8. The van der Waals surface area contributed by atoms with E-state index in [-0.39, 0.29) is 30.9 Å². The molecule has 55 heavy (non-hydrogen) atoms. The lowest BCUT2D eigenvalue weighted by molar-refractivity contribution is -0.143. The molecule has 4 atom stereocenters. The lowest BCUT2D eigenvalue weighted by atomic mass is 9.83. The van der Waals surface area contributed by atoms with Crippen molar-refractivity contribution < 1.29 is 43.0 Å². The van der Waals surface area contributed by atoms with E-state index in [4.69, 9.17) is 15.2 Å². The van der Waals surface area contributed by atoms with E-state index in [0.29, 0.717) is 44.5 Å². The van der Waals surface area contributed by atoms with Crippen LogP contribution in [0.15, 0.2) is 30.3 Å². The molecule has 2 unspecified atom stereocenters. The topological polar surface area (TPSA) is 215 Å². The molecule has 4 fully saturated rings. The Morgan fingerprint density at radius 1 is 0.927 bits per heavy atom. The highest BCUT2D eigenvalue weighted by atomic mass is 32.2. The average Bonchev–Trinajstić information content (AvgIpc) is 3.57. The number of thioether (sulfide) groups is 2. The molecule has 302 valence electrons. The summed E-state index contributed by atoms with van der Waals surface area (Å²) in [6.07, 6.45) is 6.52. The Balaban J connectivity index is 1.27. The van der Waals surface area contributed by atoms with Crippen LogP contribution in [0.1, 0.15) is 89.2 Å². The number of alkyl carbamates (subject to hydrolysis) is 1. The summed E-state index contributed by atoms with van der Waals surface area (Å²) in [5, 5.41) is 10.4. The van der Waals surface area contributed by atoms with Crippen molar-refractivity contribution in [2.45, 2.75) is 112 Å². The molecule has 1 aromatic rings. The Labute approximate surface area is 330 Å². The van der Waals surface area contributed by atoms with Gasteiger partial charge in [0.2, 0.25) is 29.4 Å². The lowest BCUT2D eigenvalue weighted by Crippen LogP contribution is -2.58. The molecule has 5 rings (SSSR count). The monoisotopic (exact) mass is 802 g/mol. The summed E-state index contributed by atoms with van der Waals surface area (Å²) in [5.74, 6) is -2.85. The Hall–Kier alpha value is -3.83. The van der Waals surface area contributed by atoms with Crippen molar-refractivity contribution in [3.8, 4) is 0 Å². The first kappa shape index (κ1) is 42.3. The zero-order valence-corrected chi connectivity index (χ0v) is 33.0. The van der Waals surface area contributed by atoms with E-state index in [2.05, 4.69) is 21.3 Å². The van der Waals surface area contributed by atoms with E-state index in [1.165, 1.54) is 0 Å². The smallest absolute Gasteiger partial charge is 0.408 e. The van der Waals surface area contributed by atoms with Gasteiger partial charge in [0.1, 0.15) is 24.2 Å². The number of Topliss-reactive ketones (excluding diaryl/α,β-unsaturated/α-hetero) is 1. The molecule has 0 radical (unpaired) electrons. The van der Waals surface area contributed by atoms with Crippen LogP contribution in [0.3, 0.4) is 0 Å². The third-order valence-corrected chi connectivity index (χ3v) is 13.9. The van der Waals surface area contributed by atoms with Gasteiger partial charge in [0.15, 0.2) is 0 Å². The highest BCUT2D eigenvalue weighted by Gasteiger charge is 2.52. The highest BCUT2D eigenvalue weighted by molar-refractivity contribution is 8.18. The number of nitrogens with one attached hydrogen (secondary N) is 4. The zero-order valence-electron chi connectivity index (χ0n) is 31.4. The van der Waals surface area contributed by atoms with Crippen LogP contribution < -0.4 is 27.0 Å². The molecule has 4 aliphatic rings. The van der Waals surface area contributed by atoms with Gasteiger partial charge in [-0.15, -0.1) is 23.5 Å². The van der Waals surface area contributed by atoms with Crippen LogP contribution >= 0.6 is 23.5 Å². The molecule has 1 aliphatic carbocycles.